The molecule has 0 saturated carbocycles. The van der Waals surface area contributed by atoms with Gasteiger partial charge >= 0.3 is 0 Å². The fourth-order valence-electron chi connectivity index (χ4n) is 1.91. The van der Waals surface area contributed by atoms with Crippen LogP contribution in [-0.4, -0.2) is 11.8 Å². The number of hydrazine groups is 1. The highest BCUT2D eigenvalue weighted by atomic mass is 35.5. The van der Waals surface area contributed by atoms with Crippen molar-refractivity contribution in [3.8, 4) is 0 Å². The van der Waals surface area contributed by atoms with Gasteiger partial charge in [0.15, 0.2) is 0 Å². The molecule has 2 aromatic carbocycles. The van der Waals surface area contributed by atoms with Crippen LogP contribution in [0.15, 0.2) is 72.4 Å². The van der Waals surface area contributed by atoms with E-state index in [0.717, 1.165) is 5.56 Å². The molecule has 5 nitrogen and oxygen atoms in total. The number of nitrogens with one attached hydrogen (secondary N) is 2. The van der Waals surface area contributed by atoms with Crippen LogP contribution in [0.3, 0.4) is 0 Å². The molecule has 2 amide bonds. The largest absolute Gasteiger partial charge is 0.317 e. The minimum absolute atomic E-state index is 0.00889. The third-order valence-electron chi connectivity index (χ3n) is 3.09. The highest BCUT2D eigenvalue weighted by Gasteiger charge is 2.14. The maximum Gasteiger partial charge on any atom is 0.281 e. The Bertz CT molecular complexity index is 786. The maximum absolute atomic E-state index is 12.2. The third kappa shape index (κ3) is 4.81. The van der Waals surface area contributed by atoms with E-state index in [1.807, 2.05) is 35.8 Å². The minimum atomic E-state index is -0.617. The van der Waals surface area contributed by atoms with E-state index in [1.54, 1.807) is 36.4 Å². The van der Waals surface area contributed by atoms with Crippen molar-refractivity contribution in [2.45, 2.75) is 0 Å². The maximum atomic E-state index is 12.2. The summed E-state index contributed by atoms with van der Waals surface area (Å²) in [6.45, 7) is 0. The monoisotopic (exact) mass is 341 g/mol. The molecule has 0 aliphatic heterocycles. The number of rotatable bonds is 5. The number of halogens is 1. The second kappa shape index (κ2) is 8.67. The van der Waals surface area contributed by atoms with Gasteiger partial charge in [-0.2, -0.15) is 0 Å². The normalized spacial score (nSPS) is 11.3. The van der Waals surface area contributed by atoms with Gasteiger partial charge in [-0.05, 0) is 23.8 Å². The summed E-state index contributed by atoms with van der Waals surface area (Å²) in [6.07, 6.45) is 4.90. The first-order valence-corrected chi connectivity index (χ1v) is 7.50. The average molecular weight is 342 g/mol. The molecule has 0 aliphatic rings. The number of hydrogen-bond donors (Lipinski definition) is 3. The molecular weight excluding hydrogens is 326 g/mol. The van der Waals surface area contributed by atoms with Crippen LogP contribution >= 0.6 is 11.6 Å². The van der Waals surface area contributed by atoms with Crippen molar-refractivity contribution in [2.24, 2.45) is 5.84 Å². The predicted octanol–water partition coefficient (Wildman–Crippen LogP) is 2.66. The molecule has 0 unspecified atom stereocenters. The van der Waals surface area contributed by atoms with Crippen LogP contribution in [0.5, 0.6) is 0 Å². The van der Waals surface area contributed by atoms with Crippen LogP contribution in [0, 0.1) is 0 Å². The number of benzene rings is 2. The molecule has 0 fully saturated rings. The van der Waals surface area contributed by atoms with Crippen molar-refractivity contribution in [1.29, 1.82) is 0 Å². The first kappa shape index (κ1) is 17.5. The van der Waals surface area contributed by atoms with Gasteiger partial charge in [0.25, 0.3) is 11.8 Å². The number of carbonyl (C=O) groups is 2. The second-order valence-electron chi connectivity index (χ2n) is 4.76. The lowest BCUT2D eigenvalue weighted by Gasteiger charge is -2.09. The quantitative estimate of drug-likeness (QED) is 0.257. The lowest BCUT2D eigenvalue weighted by molar-refractivity contribution is -0.117. The summed E-state index contributed by atoms with van der Waals surface area (Å²) in [4.78, 5) is 24.1. The fourth-order valence-corrected chi connectivity index (χ4v) is 2.13. The number of allylic oxidation sites excluding steroid dienone is 2. The standard InChI is InChI=1S/C18H16ClN3O2/c19-15-11-5-4-10-14(15)17(23)21-16(18(24)22-20)12-6-9-13-7-2-1-3-8-13/h1-12H,20H2,(H,21,23)(H,22,24)/b9-6+,16-12+. The Morgan fingerprint density at radius 2 is 1.67 bits per heavy atom. The van der Waals surface area contributed by atoms with E-state index in [1.165, 1.54) is 6.08 Å². The van der Waals surface area contributed by atoms with E-state index in [9.17, 15) is 9.59 Å². The number of amides is 2. The molecule has 0 bridgehead atoms. The van der Waals surface area contributed by atoms with E-state index in [-0.39, 0.29) is 11.3 Å². The Labute approximate surface area is 144 Å². The van der Waals surface area contributed by atoms with E-state index in [2.05, 4.69) is 5.32 Å². The van der Waals surface area contributed by atoms with Gasteiger partial charge in [0.1, 0.15) is 5.70 Å². The van der Waals surface area contributed by atoms with Crippen LogP contribution < -0.4 is 16.6 Å². The number of hydrogen-bond acceptors (Lipinski definition) is 3. The van der Waals surface area contributed by atoms with Crippen molar-refractivity contribution < 1.29 is 9.59 Å². The molecule has 122 valence electrons. The van der Waals surface area contributed by atoms with Gasteiger partial charge in [-0.25, -0.2) is 5.84 Å². The SMILES string of the molecule is NNC(=O)/C(=C\C=C\c1ccccc1)NC(=O)c1ccccc1Cl. The van der Waals surface area contributed by atoms with Crippen molar-refractivity contribution in [1.82, 2.24) is 10.7 Å². The van der Waals surface area contributed by atoms with Crippen LogP contribution in [0.25, 0.3) is 6.08 Å². The average Bonchev–Trinajstić information content (AvgIpc) is 2.61. The second-order valence-corrected chi connectivity index (χ2v) is 5.16. The van der Waals surface area contributed by atoms with E-state index >= 15 is 0 Å². The summed E-state index contributed by atoms with van der Waals surface area (Å²) in [5.41, 5.74) is 3.23. The smallest absolute Gasteiger partial charge is 0.281 e. The molecular formula is C18H16ClN3O2. The van der Waals surface area contributed by atoms with Gasteiger partial charge in [0.05, 0.1) is 10.6 Å². The summed E-state index contributed by atoms with van der Waals surface area (Å²) in [7, 11) is 0. The van der Waals surface area contributed by atoms with E-state index < -0.39 is 11.8 Å². The zero-order valence-electron chi connectivity index (χ0n) is 12.7. The summed E-state index contributed by atoms with van der Waals surface area (Å²) in [5, 5.41) is 2.80. The van der Waals surface area contributed by atoms with Crippen LogP contribution in [0.2, 0.25) is 5.02 Å². The molecule has 0 atom stereocenters. The summed E-state index contributed by atoms with van der Waals surface area (Å²) in [6, 6.07) is 16.1. The molecule has 0 radical (unpaired) electrons. The first-order valence-electron chi connectivity index (χ1n) is 7.12. The topological polar surface area (TPSA) is 84.2 Å². The molecule has 0 spiro atoms. The van der Waals surface area contributed by atoms with Crippen molar-refractivity contribution in [3.05, 3.63) is 88.6 Å². The summed E-state index contributed by atoms with van der Waals surface area (Å²) < 4.78 is 0. The highest BCUT2D eigenvalue weighted by molar-refractivity contribution is 6.34. The Balaban J connectivity index is 2.18. The van der Waals surface area contributed by atoms with Gasteiger partial charge in [-0.1, -0.05) is 66.2 Å². The predicted molar refractivity (Wildman–Crippen MR) is 94.8 cm³/mol. The van der Waals surface area contributed by atoms with E-state index in [0.29, 0.717) is 5.02 Å². The molecule has 24 heavy (non-hydrogen) atoms. The van der Waals surface area contributed by atoms with Gasteiger partial charge in [0, 0.05) is 0 Å². The Morgan fingerprint density at radius 3 is 2.33 bits per heavy atom. The fraction of sp³-hybridized carbons (Fsp3) is 0. The number of carbonyl (C=O) groups excluding carboxylic acids is 2. The Hall–Kier alpha value is -2.89. The Morgan fingerprint density at radius 1 is 1.00 bits per heavy atom. The highest BCUT2D eigenvalue weighted by Crippen LogP contribution is 2.15. The van der Waals surface area contributed by atoms with Crippen LogP contribution in [0.1, 0.15) is 15.9 Å². The van der Waals surface area contributed by atoms with Gasteiger partial charge in [-0.15, -0.1) is 0 Å². The summed E-state index contributed by atoms with van der Waals surface area (Å²) >= 11 is 5.98. The van der Waals surface area contributed by atoms with Gasteiger partial charge < -0.3 is 5.32 Å². The lowest BCUT2D eigenvalue weighted by atomic mass is 10.2. The van der Waals surface area contributed by atoms with Crippen molar-refractivity contribution in [3.63, 3.8) is 0 Å². The molecule has 0 saturated heterocycles. The summed E-state index contributed by atoms with van der Waals surface area (Å²) in [5.74, 6) is 4.04. The molecule has 2 rings (SSSR count). The minimum Gasteiger partial charge on any atom is -0.317 e. The van der Waals surface area contributed by atoms with Gasteiger partial charge in [-0.3, -0.25) is 15.0 Å². The van der Waals surface area contributed by atoms with Gasteiger partial charge in [0.2, 0.25) is 0 Å². The molecule has 0 aromatic heterocycles. The Kier molecular flexibility index (Phi) is 6.31. The lowest BCUT2D eigenvalue weighted by Crippen LogP contribution is -2.38. The molecule has 2 aromatic rings. The number of nitrogens with two attached hydrogens (primary N) is 1. The third-order valence-corrected chi connectivity index (χ3v) is 3.42. The molecule has 0 heterocycles. The zero-order valence-corrected chi connectivity index (χ0v) is 13.5. The van der Waals surface area contributed by atoms with Crippen molar-refractivity contribution >= 4 is 29.5 Å². The van der Waals surface area contributed by atoms with E-state index in [4.69, 9.17) is 17.4 Å². The molecule has 0 aliphatic carbocycles. The molecule has 4 N–H and O–H groups in total. The van der Waals surface area contributed by atoms with Crippen LogP contribution in [0.4, 0.5) is 0 Å². The zero-order chi connectivity index (χ0) is 17.4. The molecule has 6 heteroatoms. The first-order chi connectivity index (χ1) is 11.6. The van der Waals surface area contributed by atoms with Crippen LogP contribution in [-0.2, 0) is 4.79 Å². The van der Waals surface area contributed by atoms with Crippen molar-refractivity contribution in [2.75, 3.05) is 0 Å².